The van der Waals surface area contributed by atoms with Crippen molar-refractivity contribution in [3.63, 3.8) is 0 Å². The Kier molecular flexibility index (Phi) is 7.20. The first kappa shape index (κ1) is 17.5. The molecule has 1 aromatic heterocycles. The van der Waals surface area contributed by atoms with Gasteiger partial charge in [-0.15, -0.1) is 0 Å². The van der Waals surface area contributed by atoms with Crippen LogP contribution in [0.25, 0.3) is 0 Å². The fourth-order valence-corrected chi connectivity index (χ4v) is 2.33. The lowest BCUT2D eigenvalue weighted by molar-refractivity contribution is 0.0696. The highest BCUT2D eigenvalue weighted by atomic mass is 16.4. The number of aromatic nitrogens is 1. The van der Waals surface area contributed by atoms with E-state index in [1.165, 1.54) is 12.8 Å². The molecule has 0 radical (unpaired) electrons. The van der Waals surface area contributed by atoms with E-state index in [1.807, 2.05) is 0 Å². The number of pyridine rings is 1. The molecule has 4 heteroatoms. The molecule has 118 valence electrons. The minimum atomic E-state index is -0.898. The monoisotopic (exact) mass is 292 g/mol. The quantitative estimate of drug-likeness (QED) is 0.710. The largest absolute Gasteiger partial charge is 0.478 e. The maximum absolute atomic E-state index is 11.2. The highest BCUT2D eigenvalue weighted by Gasteiger charge is 2.10. The van der Waals surface area contributed by atoms with Gasteiger partial charge in [-0.05, 0) is 37.8 Å². The summed E-state index contributed by atoms with van der Waals surface area (Å²) < 4.78 is 0. The topological polar surface area (TPSA) is 62.2 Å². The predicted octanol–water partition coefficient (Wildman–Crippen LogP) is 4.36. The van der Waals surface area contributed by atoms with Gasteiger partial charge in [0.15, 0.2) is 0 Å². The fourth-order valence-electron chi connectivity index (χ4n) is 2.33. The molecule has 0 spiro atoms. The normalized spacial score (nSPS) is 12.4. The molecule has 1 unspecified atom stereocenters. The molecule has 0 saturated carbocycles. The van der Waals surface area contributed by atoms with Crippen LogP contribution in [0.5, 0.6) is 0 Å². The van der Waals surface area contributed by atoms with E-state index < -0.39 is 5.97 Å². The predicted molar refractivity (Wildman–Crippen MR) is 87.0 cm³/mol. The summed E-state index contributed by atoms with van der Waals surface area (Å²) in [6.07, 6.45) is 5.22. The average molecular weight is 292 g/mol. The summed E-state index contributed by atoms with van der Waals surface area (Å²) >= 11 is 0. The lowest BCUT2D eigenvalue weighted by Crippen LogP contribution is -2.17. The Labute approximate surface area is 128 Å². The lowest BCUT2D eigenvalue weighted by atomic mass is 10.0. The zero-order valence-corrected chi connectivity index (χ0v) is 13.6. The Bertz CT molecular complexity index is 458. The highest BCUT2D eigenvalue weighted by Crippen LogP contribution is 2.16. The number of carbonyl (C=O) groups is 1. The van der Waals surface area contributed by atoms with Crippen LogP contribution < -0.4 is 5.32 Å². The van der Waals surface area contributed by atoms with Crippen LogP contribution in [-0.2, 0) is 6.42 Å². The smallest absolute Gasteiger partial charge is 0.335 e. The Morgan fingerprint density at radius 2 is 2.00 bits per heavy atom. The molecule has 1 heterocycles. The SMILES string of the molecule is CCCc1cc(C(=O)O)cc(NC(C)CCCC(C)C)n1. The molecular formula is C17H28N2O2. The third-order valence-electron chi connectivity index (χ3n) is 3.44. The van der Waals surface area contributed by atoms with Crippen molar-refractivity contribution in [3.8, 4) is 0 Å². The Hall–Kier alpha value is -1.58. The molecule has 1 atom stereocenters. The number of carboxylic acid groups (broad SMARTS) is 1. The number of nitrogens with zero attached hydrogens (tertiary/aromatic N) is 1. The van der Waals surface area contributed by atoms with Gasteiger partial charge in [-0.1, -0.05) is 40.0 Å². The zero-order valence-electron chi connectivity index (χ0n) is 13.6. The number of carboxylic acids is 1. The third kappa shape index (κ3) is 6.61. The van der Waals surface area contributed by atoms with Crippen LogP contribution in [0, 0.1) is 5.92 Å². The fraction of sp³-hybridized carbons (Fsp3) is 0.647. The van der Waals surface area contributed by atoms with Gasteiger partial charge in [0.05, 0.1) is 5.56 Å². The maximum atomic E-state index is 11.2. The van der Waals surface area contributed by atoms with Crippen LogP contribution in [0.4, 0.5) is 5.82 Å². The number of hydrogen-bond donors (Lipinski definition) is 2. The summed E-state index contributed by atoms with van der Waals surface area (Å²) in [5, 5.41) is 12.5. The number of anilines is 1. The van der Waals surface area contributed by atoms with Crippen LogP contribution in [0.15, 0.2) is 12.1 Å². The van der Waals surface area contributed by atoms with Gasteiger partial charge in [0.1, 0.15) is 5.82 Å². The van der Waals surface area contributed by atoms with Crippen molar-refractivity contribution in [1.29, 1.82) is 0 Å². The van der Waals surface area contributed by atoms with Crippen LogP contribution in [0.1, 0.15) is 69.4 Å². The van der Waals surface area contributed by atoms with Crippen molar-refractivity contribution >= 4 is 11.8 Å². The van der Waals surface area contributed by atoms with E-state index in [0.717, 1.165) is 30.9 Å². The summed E-state index contributed by atoms with van der Waals surface area (Å²) in [5.74, 6) is 0.502. The van der Waals surface area contributed by atoms with Gasteiger partial charge in [-0.25, -0.2) is 9.78 Å². The molecule has 0 fully saturated rings. The first-order valence-electron chi connectivity index (χ1n) is 7.93. The van der Waals surface area contributed by atoms with Crippen molar-refractivity contribution in [2.24, 2.45) is 5.92 Å². The van der Waals surface area contributed by atoms with Crippen LogP contribution in [0.2, 0.25) is 0 Å². The van der Waals surface area contributed by atoms with Crippen LogP contribution in [0.3, 0.4) is 0 Å². The average Bonchev–Trinajstić information content (AvgIpc) is 2.38. The minimum Gasteiger partial charge on any atom is -0.478 e. The van der Waals surface area contributed by atoms with Gasteiger partial charge in [-0.3, -0.25) is 0 Å². The van der Waals surface area contributed by atoms with E-state index in [4.69, 9.17) is 0 Å². The second-order valence-electron chi connectivity index (χ2n) is 6.16. The minimum absolute atomic E-state index is 0.301. The molecule has 0 aliphatic rings. The molecule has 1 rings (SSSR count). The van der Waals surface area contributed by atoms with Crippen molar-refractivity contribution in [3.05, 3.63) is 23.4 Å². The summed E-state index contributed by atoms with van der Waals surface area (Å²) in [4.78, 5) is 15.7. The van der Waals surface area contributed by atoms with Gasteiger partial charge in [-0.2, -0.15) is 0 Å². The van der Waals surface area contributed by atoms with Crippen LogP contribution in [-0.4, -0.2) is 22.1 Å². The zero-order chi connectivity index (χ0) is 15.8. The van der Waals surface area contributed by atoms with E-state index in [9.17, 15) is 9.90 Å². The second kappa shape index (κ2) is 8.65. The van der Waals surface area contributed by atoms with Crippen molar-refractivity contribution in [1.82, 2.24) is 4.98 Å². The van der Waals surface area contributed by atoms with E-state index in [1.54, 1.807) is 12.1 Å². The Balaban J connectivity index is 2.70. The van der Waals surface area contributed by atoms with E-state index in [-0.39, 0.29) is 0 Å². The number of nitrogens with one attached hydrogen (secondary N) is 1. The highest BCUT2D eigenvalue weighted by molar-refractivity contribution is 5.88. The Morgan fingerprint density at radius 3 is 2.57 bits per heavy atom. The van der Waals surface area contributed by atoms with Crippen molar-refractivity contribution < 1.29 is 9.90 Å². The molecule has 21 heavy (non-hydrogen) atoms. The summed E-state index contributed by atoms with van der Waals surface area (Å²) in [5.41, 5.74) is 1.15. The van der Waals surface area contributed by atoms with Gasteiger partial charge >= 0.3 is 5.97 Å². The molecule has 2 N–H and O–H groups in total. The van der Waals surface area contributed by atoms with Gasteiger partial charge < -0.3 is 10.4 Å². The molecule has 0 aliphatic heterocycles. The van der Waals surface area contributed by atoms with E-state index in [0.29, 0.717) is 17.4 Å². The van der Waals surface area contributed by atoms with Crippen molar-refractivity contribution in [2.45, 2.75) is 65.8 Å². The summed E-state index contributed by atoms with van der Waals surface area (Å²) in [6, 6.07) is 3.59. The first-order valence-corrected chi connectivity index (χ1v) is 7.93. The maximum Gasteiger partial charge on any atom is 0.335 e. The molecule has 1 aromatic rings. The summed E-state index contributed by atoms with van der Waals surface area (Å²) in [7, 11) is 0. The third-order valence-corrected chi connectivity index (χ3v) is 3.44. The molecule has 0 aliphatic carbocycles. The van der Waals surface area contributed by atoms with Crippen molar-refractivity contribution in [2.75, 3.05) is 5.32 Å². The van der Waals surface area contributed by atoms with Gasteiger partial charge in [0, 0.05) is 11.7 Å². The standard InChI is InChI=1S/C17H28N2O2/c1-5-7-15-10-14(17(20)21)11-16(19-15)18-13(4)9-6-8-12(2)3/h10-13H,5-9H2,1-4H3,(H,18,19)(H,20,21). The van der Waals surface area contributed by atoms with Crippen LogP contribution >= 0.6 is 0 Å². The second-order valence-corrected chi connectivity index (χ2v) is 6.16. The van der Waals surface area contributed by atoms with Gasteiger partial charge in [0.2, 0.25) is 0 Å². The first-order chi connectivity index (χ1) is 9.92. The van der Waals surface area contributed by atoms with Gasteiger partial charge in [0.25, 0.3) is 0 Å². The number of aromatic carboxylic acids is 1. The Morgan fingerprint density at radius 1 is 1.29 bits per heavy atom. The molecule has 0 bridgehead atoms. The molecule has 0 amide bonds. The van der Waals surface area contributed by atoms with E-state index >= 15 is 0 Å². The molecule has 0 saturated heterocycles. The number of hydrogen-bond acceptors (Lipinski definition) is 3. The summed E-state index contributed by atoms with van der Waals surface area (Å²) in [6.45, 7) is 8.64. The number of rotatable bonds is 9. The van der Waals surface area contributed by atoms with E-state index in [2.05, 4.69) is 38.0 Å². The molecule has 4 nitrogen and oxygen atoms in total. The molecule has 0 aromatic carbocycles. The lowest BCUT2D eigenvalue weighted by Gasteiger charge is -2.16. The number of aryl methyl sites for hydroxylation is 1. The molecular weight excluding hydrogens is 264 g/mol.